The van der Waals surface area contributed by atoms with Crippen LogP contribution in [0.5, 0.6) is 11.5 Å². The van der Waals surface area contributed by atoms with Crippen LogP contribution in [0.3, 0.4) is 0 Å². The summed E-state index contributed by atoms with van der Waals surface area (Å²) in [6.45, 7) is 1.96. The van der Waals surface area contributed by atoms with Gasteiger partial charge in [0, 0.05) is 16.4 Å². The summed E-state index contributed by atoms with van der Waals surface area (Å²) < 4.78 is 16.6. The van der Waals surface area contributed by atoms with Crippen LogP contribution in [0.2, 0.25) is 0 Å². The van der Waals surface area contributed by atoms with E-state index in [4.69, 9.17) is 14.2 Å². The lowest BCUT2D eigenvalue weighted by atomic mass is 10.1. The van der Waals surface area contributed by atoms with Crippen LogP contribution < -0.4 is 14.8 Å². The normalized spacial score (nSPS) is 11.7. The molecular formula is C18H20INO4. The molecule has 0 fully saturated rings. The van der Waals surface area contributed by atoms with E-state index >= 15 is 0 Å². The van der Waals surface area contributed by atoms with Crippen LogP contribution in [-0.2, 0) is 4.74 Å². The maximum atomic E-state index is 12.6. The number of hydrogen-bond acceptors (Lipinski definition) is 4. The molecule has 0 aliphatic rings. The molecule has 6 heteroatoms. The summed E-state index contributed by atoms with van der Waals surface area (Å²) in [6, 6.07) is 11.1. The molecule has 2 rings (SSSR count). The highest BCUT2D eigenvalue weighted by atomic mass is 127. The van der Waals surface area contributed by atoms with E-state index in [2.05, 4.69) is 27.9 Å². The highest BCUT2D eigenvalue weighted by Crippen LogP contribution is 2.31. The third-order valence-corrected chi connectivity index (χ3v) is 4.58. The van der Waals surface area contributed by atoms with E-state index in [0.29, 0.717) is 22.7 Å². The first kappa shape index (κ1) is 18.5. The molecular weight excluding hydrogens is 421 g/mol. The van der Waals surface area contributed by atoms with Crippen molar-refractivity contribution >= 4 is 34.2 Å². The average molecular weight is 441 g/mol. The minimum Gasteiger partial charge on any atom is -0.493 e. The molecule has 1 amide bonds. The Hall–Kier alpha value is -1.80. The van der Waals surface area contributed by atoms with Crippen molar-refractivity contribution in [2.45, 2.75) is 13.0 Å². The predicted octanol–water partition coefficient (Wildman–Crippen LogP) is 4.27. The molecule has 2 aromatic rings. The molecule has 0 saturated heterocycles. The van der Waals surface area contributed by atoms with Crippen LogP contribution in [0.25, 0.3) is 0 Å². The first-order valence-electron chi connectivity index (χ1n) is 7.35. The second kappa shape index (κ2) is 8.34. The summed E-state index contributed by atoms with van der Waals surface area (Å²) in [4.78, 5) is 12.6. The lowest BCUT2D eigenvalue weighted by molar-refractivity contribution is 0.102. The number of anilines is 1. The lowest BCUT2D eigenvalue weighted by Gasteiger charge is -2.14. The first-order chi connectivity index (χ1) is 11.5. The fourth-order valence-electron chi connectivity index (χ4n) is 2.23. The lowest BCUT2D eigenvalue weighted by Crippen LogP contribution is -2.14. The molecule has 0 aliphatic carbocycles. The maximum absolute atomic E-state index is 12.6. The predicted molar refractivity (Wildman–Crippen MR) is 102 cm³/mol. The molecule has 24 heavy (non-hydrogen) atoms. The van der Waals surface area contributed by atoms with Gasteiger partial charge in [0.05, 0.1) is 25.9 Å². The zero-order valence-electron chi connectivity index (χ0n) is 14.1. The van der Waals surface area contributed by atoms with E-state index in [9.17, 15) is 4.79 Å². The minimum atomic E-state index is -0.206. The highest BCUT2D eigenvalue weighted by Gasteiger charge is 2.16. The summed E-state index contributed by atoms with van der Waals surface area (Å²) in [5, 5.41) is 2.91. The molecule has 0 aliphatic heterocycles. The van der Waals surface area contributed by atoms with Crippen LogP contribution in [0.1, 0.15) is 28.9 Å². The molecule has 0 radical (unpaired) electrons. The maximum Gasteiger partial charge on any atom is 0.256 e. The zero-order chi connectivity index (χ0) is 17.7. The van der Waals surface area contributed by atoms with Crippen LogP contribution in [-0.4, -0.2) is 27.2 Å². The minimum absolute atomic E-state index is 0.0388. The fraction of sp³-hybridized carbons (Fsp3) is 0.278. The molecule has 1 N–H and O–H groups in total. The Morgan fingerprint density at radius 1 is 1.08 bits per heavy atom. The number of hydrogen-bond donors (Lipinski definition) is 1. The van der Waals surface area contributed by atoms with E-state index in [1.54, 1.807) is 33.5 Å². The summed E-state index contributed by atoms with van der Waals surface area (Å²) in [5.74, 6) is 0.904. The van der Waals surface area contributed by atoms with Gasteiger partial charge in [-0.1, -0.05) is 12.1 Å². The Kier molecular flexibility index (Phi) is 6.44. The number of nitrogens with one attached hydrogen (secondary N) is 1. The van der Waals surface area contributed by atoms with Crippen molar-refractivity contribution in [2.24, 2.45) is 0 Å². The topological polar surface area (TPSA) is 56.8 Å². The van der Waals surface area contributed by atoms with Crippen molar-refractivity contribution in [1.29, 1.82) is 0 Å². The van der Waals surface area contributed by atoms with Crippen LogP contribution >= 0.6 is 22.6 Å². The van der Waals surface area contributed by atoms with E-state index in [1.807, 2.05) is 31.2 Å². The Morgan fingerprint density at radius 2 is 1.75 bits per heavy atom. The summed E-state index contributed by atoms with van der Waals surface area (Å²) >= 11 is 2.11. The summed E-state index contributed by atoms with van der Waals surface area (Å²) in [6.07, 6.45) is -0.0388. The number of carbonyl (C=O) groups is 1. The molecule has 128 valence electrons. The second-order valence-electron chi connectivity index (χ2n) is 5.14. The average Bonchev–Trinajstić information content (AvgIpc) is 2.60. The molecule has 0 heterocycles. The third-order valence-electron chi connectivity index (χ3n) is 3.69. The van der Waals surface area contributed by atoms with Gasteiger partial charge < -0.3 is 19.5 Å². The second-order valence-corrected chi connectivity index (χ2v) is 6.31. The summed E-state index contributed by atoms with van der Waals surface area (Å²) in [7, 11) is 4.76. The first-order valence-corrected chi connectivity index (χ1v) is 8.43. The van der Waals surface area contributed by atoms with E-state index < -0.39 is 0 Å². The summed E-state index contributed by atoms with van der Waals surface area (Å²) in [5.41, 5.74) is 2.24. The van der Waals surface area contributed by atoms with Gasteiger partial charge in [0.25, 0.3) is 5.91 Å². The SMILES string of the molecule is COc1cc(I)c(C(=O)Nc2cccc([C@H](C)OC)c2)cc1OC. The largest absolute Gasteiger partial charge is 0.493 e. The van der Waals surface area contributed by atoms with E-state index in [-0.39, 0.29) is 12.0 Å². The van der Waals surface area contributed by atoms with Gasteiger partial charge in [-0.2, -0.15) is 0 Å². The number of halogens is 1. The third kappa shape index (κ3) is 4.18. The molecule has 0 aromatic heterocycles. The highest BCUT2D eigenvalue weighted by molar-refractivity contribution is 14.1. The van der Waals surface area contributed by atoms with Gasteiger partial charge in [0.1, 0.15) is 0 Å². The van der Waals surface area contributed by atoms with Gasteiger partial charge >= 0.3 is 0 Å². The van der Waals surface area contributed by atoms with Crippen molar-refractivity contribution in [3.63, 3.8) is 0 Å². The number of carbonyl (C=O) groups excluding carboxylic acids is 1. The van der Waals surface area contributed by atoms with Crippen LogP contribution in [0, 0.1) is 3.57 Å². The molecule has 5 nitrogen and oxygen atoms in total. The number of ether oxygens (including phenoxy) is 3. The number of amides is 1. The Balaban J connectivity index is 2.27. The van der Waals surface area contributed by atoms with Gasteiger partial charge in [-0.25, -0.2) is 0 Å². The van der Waals surface area contributed by atoms with Gasteiger partial charge in [-0.05, 0) is 59.3 Å². The fourth-order valence-corrected chi connectivity index (χ4v) is 2.92. The van der Waals surface area contributed by atoms with Crippen molar-refractivity contribution in [1.82, 2.24) is 0 Å². The monoisotopic (exact) mass is 441 g/mol. The van der Waals surface area contributed by atoms with Crippen molar-refractivity contribution < 1.29 is 19.0 Å². The van der Waals surface area contributed by atoms with Gasteiger partial charge in [0.15, 0.2) is 11.5 Å². The van der Waals surface area contributed by atoms with Crippen molar-refractivity contribution in [3.8, 4) is 11.5 Å². The van der Waals surface area contributed by atoms with Crippen molar-refractivity contribution in [3.05, 3.63) is 51.1 Å². The van der Waals surface area contributed by atoms with Gasteiger partial charge in [-0.15, -0.1) is 0 Å². The van der Waals surface area contributed by atoms with Gasteiger partial charge in [-0.3, -0.25) is 4.79 Å². The Labute approximate surface area is 155 Å². The molecule has 1 atom stereocenters. The van der Waals surface area contributed by atoms with E-state index in [0.717, 1.165) is 9.13 Å². The van der Waals surface area contributed by atoms with Gasteiger partial charge in [0.2, 0.25) is 0 Å². The molecule has 0 spiro atoms. The Bertz CT molecular complexity index is 733. The molecule has 0 unspecified atom stereocenters. The number of methoxy groups -OCH3 is 3. The number of benzene rings is 2. The standard InChI is InChI=1S/C18H20INO4/c1-11(22-2)12-6-5-7-13(8-12)20-18(21)14-9-16(23-3)17(24-4)10-15(14)19/h5-11H,1-4H3,(H,20,21)/t11-/m0/s1. The molecule has 0 bridgehead atoms. The number of rotatable bonds is 6. The zero-order valence-corrected chi connectivity index (χ0v) is 16.2. The van der Waals surface area contributed by atoms with Crippen LogP contribution in [0.4, 0.5) is 5.69 Å². The van der Waals surface area contributed by atoms with Crippen LogP contribution in [0.15, 0.2) is 36.4 Å². The quantitative estimate of drug-likeness (QED) is 0.681. The molecule has 0 saturated carbocycles. The van der Waals surface area contributed by atoms with Crippen molar-refractivity contribution in [2.75, 3.05) is 26.6 Å². The van der Waals surface area contributed by atoms with E-state index in [1.165, 1.54) is 0 Å². The smallest absolute Gasteiger partial charge is 0.256 e. The Morgan fingerprint density at radius 3 is 2.38 bits per heavy atom. The molecule has 2 aromatic carbocycles.